The van der Waals surface area contributed by atoms with Gasteiger partial charge in [-0.2, -0.15) is 0 Å². The summed E-state index contributed by atoms with van der Waals surface area (Å²) in [5, 5.41) is 0. The topological polar surface area (TPSA) is 61.8 Å². The van der Waals surface area contributed by atoms with Crippen molar-refractivity contribution in [3.8, 4) is 0 Å². The Morgan fingerprint density at radius 2 is 2.00 bits per heavy atom. The minimum absolute atomic E-state index is 0.00616. The van der Waals surface area contributed by atoms with E-state index in [-0.39, 0.29) is 36.0 Å². The van der Waals surface area contributed by atoms with E-state index in [2.05, 4.69) is 19.9 Å². The number of fused-ring (bicyclic) bond motifs is 5. The van der Waals surface area contributed by atoms with Crippen LogP contribution in [0.1, 0.15) is 66.2 Å². The number of ketones is 1. The average Bonchev–Trinajstić information content (AvgIpc) is 2.94. The van der Waals surface area contributed by atoms with Crippen LogP contribution in [0.25, 0.3) is 0 Å². The summed E-state index contributed by atoms with van der Waals surface area (Å²) in [5.41, 5.74) is 0.387. The van der Waals surface area contributed by atoms with Crippen LogP contribution in [0.5, 0.6) is 0 Å². The van der Waals surface area contributed by atoms with E-state index in [1.54, 1.807) is 6.08 Å². The maximum atomic E-state index is 12.9. The lowest BCUT2D eigenvalue weighted by atomic mass is 9.46. The number of esters is 1. The highest BCUT2D eigenvalue weighted by molar-refractivity contribution is 5.99. The molecule has 0 radical (unpaired) electrons. The van der Waals surface area contributed by atoms with Crippen LogP contribution in [0.2, 0.25) is 0 Å². The van der Waals surface area contributed by atoms with E-state index in [9.17, 15) is 9.59 Å². The van der Waals surface area contributed by atoms with Gasteiger partial charge in [0.1, 0.15) is 18.5 Å². The van der Waals surface area contributed by atoms with E-state index in [0.717, 1.165) is 38.5 Å². The lowest BCUT2D eigenvalue weighted by molar-refractivity contribution is -0.218. The predicted molar refractivity (Wildman–Crippen MR) is 109 cm³/mol. The highest BCUT2D eigenvalue weighted by Crippen LogP contribution is 2.65. The van der Waals surface area contributed by atoms with Crippen molar-refractivity contribution < 1.29 is 23.8 Å². The molecular formula is C24H34O5. The van der Waals surface area contributed by atoms with Gasteiger partial charge in [0.15, 0.2) is 5.78 Å². The number of carbonyl (C=O) groups is 2. The zero-order valence-corrected chi connectivity index (χ0v) is 18.2. The Hall–Kier alpha value is -1.46. The summed E-state index contributed by atoms with van der Waals surface area (Å²) in [4.78, 5) is 24.3. The fraction of sp³-hybridized carbons (Fsp3) is 0.750. The summed E-state index contributed by atoms with van der Waals surface area (Å²) in [6, 6.07) is 0. The summed E-state index contributed by atoms with van der Waals surface area (Å²) in [6.45, 7) is 8.71. The molecule has 0 bridgehead atoms. The van der Waals surface area contributed by atoms with E-state index >= 15 is 0 Å². The predicted octanol–water partition coefficient (Wildman–Crippen LogP) is 4.36. The number of allylic oxidation sites excluding steroid dienone is 2. The molecule has 0 N–H and O–H groups in total. The maximum absolute atomic E-state index is 12.9. The van der Waals surface area contributed by atoms with Crippen LogP contribution in [0.4, 0.5) is 0 Å². The summed E-state index contributed by atoms with van der Waals surface area (Å²) in [5.74, 6) is 0.694. The lowest BCUT2D eigenvalue weighted by Gasteiger charge is -2.60. The number of hydrogen-bond donors (Lipinski definition) is 0. The molecule has 4 aliphatic carbocycles. The molecular weight excluding hydrogens is 368 g/mol. The molecule has 0 heterocycles. The van der Waals surface area contributed by atoms with Crippen molar-refractivity contribution in [1.29, 1.82) is 0 Å². The summed E-state index contributed by atoms with van der Waals surface area (Å²) in [7, 11) is 0. The first-order valence-corrected chi connectivity index (χ1v) is 11.1. The SMILES string of the molecule is CCOCO[C@]12C=CC(=O)[C@@]1(C)CC[C@H]1[C@H]2CC=C2C[C@@H](OC(C)=O)CC[C@@]21C. The van der Waals surface area contributed by atoms with Crippen molar-refractivity contribution in [2.45, 2.75) is 77.9 Å². The molecule has 4 rings (SSSR count). The first-order chi connectivity index (χ1) is 13.8. The van der Waals surface area contributed by atoms with Crippen molar-refractivity contribution >= 4 is 11.8 Å². The first-order valence-electron chi connectivity index (χ1n) is 11.1. The Morgan fingerprint density at radius 3 is 2.72 bits per heavy atom. The molecule has 160 valence electrons. The third-order valence-electron chi connectivity index (χ3n) is 8.40. The Bertz CT molecular complexity index is 754. The fourth-order valence-corrected chi connectivity index (χ4v) is 6.74. The van der Waals surface area contributed by atoms with E-state index < -0.39 is 11.0 Å². The van der Waals surface area contributed by atoms with Crippen LogP contribution in [0.3, 0.4) is 0 Å². The van der Waals surface area contributed by atoms with Crippen LogP contribution in [0.15, 0.2) is 23.8 Å². The monoisotopic (exact) mass is 402 g/mol. The zero-order chi connectivity index (χ0) is 20.9. The molecule has 4 aliphatic rings. The third kappa shape index (κ3) is 3.04. The van der Waals surface area contributed by atoms with Gasteiger partial charge in [-0.15, -0.1) is 0 Å². The average molecular weight is 403 g/mol. The van der Waals surface area contributed by atoms with E-state index in [1.165, 1.54) is 12.5 Å². The van der Waals surface area contributed by atoms with Gasteiger partial charge < -0.3 is 14.2 Å². The van der Waals surface area contributed by atoms with Gasteiger partial charge in [-0.1, -0.05) is 18.6 Å². The molecule has 0 aromatic heterocycles. The van der Waals surface area contributed by atoms with Crippen LogP contribution in [-0.2, 0) is 23.8 Å². The largest absolute Gasteiger partial charge is 0.462 e. The Balaban J connectivity index is 1.66. The smallest absolute Gasteiger partial charge is 0.302 e. The van der Waals surface area contributed by atoms with Gasteiger partial charge in [-0.3, -0.25) is 9.59 Å². The van der Waals surface area contributed by atoms with Gasteiger partial charge >= 0.3 is 5.97 Å². The number of carbonyl (C=O) groups excluding carboxylic acids is 2. The molecule has 5 nitrogen and oxygen atoms in total. The number of ether oxygens (including phenoxy) is 3. The van der Waals surface area contributed by atoms with Crippen LogP contribution in [-0.4, -0.2) is 36.9 Å². The van der Waals surface area contributed by atoms with Gasteiger partial charge in [-0.05, 0) is 75.4 Å². The molecule has 0 saturated heterocycles. The van der Waals surface area contributed by atoms with Gasteiger partial charge in [0.25, 0.3) is 0 Å². The number of rotatable bonds is 5. The molecule has 6 atom stereocenters. The molecule has 2 saturated carbocycles. The van der Waals surface area contributed by atoms with Gasteiger partial charge in [0.05, 0.1) is 5.41 Å². The fourth-order valence-electron chi connectivity index (χ4n) is 6.74. The molecule has 0 aromatic carbocycles. The highest BCUT2D eigenvalue weighted by atomic mass is 16.7. The number of hydrogen-bond acceptors (Lipinski definition) is 5. The first kappa shape index (κ1) is 20.8. The molecule has 5 heteroatoms. The lowest BCUT2D eigenvalue weighted by Crippen LogP contribution is -2.62. The summed E-state index contributed by atoms with van der Waals surface area (Å²) in [6.07, 6.45) is 11.6. The second-order valence-electron chi connectivity index (χ2n) is 9.69. The minimum Gasteiger partial charge on any atom is -0.462 e. The van der Waals surface area contributed by atoms with Gasteiger partial charge in [0, 0.05) is 20.0 Å². The molecule has 29 heavy (non-hydrogen) atoms. The van der Waals surface area contributed by atoms with Gasteiger partial charge in [-0.25, -0.2) is 0 Å². The molecule has 2 fully saturated rings. The summed E-state index contributed by atoms with van der Waals surface area (Å²) >= 11 is 0. The van der Waals surface area contributed by atoms with E-state index in [0.29, 0.717) is 12.5 Å². The molecule has 0 aromatic rings. The van der Waals surface area contributed by atoms with Crippen LogP contribution in [0, 0.1) is 22.7 Å². The second-order valence-corrected chi connectivity index (χ2v) is 9.69. The van der Waals surface area contributed by atoms with Crippen molar-refractivity contribution in [2.24, 2.45) is 22.7 Å². The second kappa shape index (κ2) is 7.35. The molecule has 0 spiro atoms. The minimum atomic E-state index is -0.597. The molecule has 0 aliphatic heterocycles. The Labute approximate surface area is 173 Å². The quantitative estimate of drug-likeness (QED) is 0.296. The van der Waals surface area contributed by atoms with Gasteiger partial charge in [0.2, 0.25) is 0 Å². The Kier molecular flexibility index (Phi) is 5.27. The standard InChI is InChI=1S/C24H34O5/c1-5-27-15-28-24-13-10-21(26)23(24,4)12-9-19-20(24)7-6-17-14-18(29-16(2)25)8-11-22(17,19)3/h6,10,13,18-20H,5,7-9,11-12,14-15H2,1-4H3/t18-,19-,20+,22-,23+,24-/m0/s1. The maximum Gasteiger partial charge on any atom is 0.302 e. The van der Waals surface area contributed by atoms with Crippen molar-refractivity contribution in [1.82, 2.24) is 0 Å². The Morgan fingerprint density at radius 1 is 1.21 bits per heavy atom. The molecule has 0 unspecified atom stereocenters. The van der Waals surface area contributed by atoms with Crippen molar-refractivity contribution in [2.75, 3.05) is 13.4 Å². The summed E-state index contributed by atoms with van der Waals surface area (Å²) < 4.78 is 17.5. The highest BCUT2D eigenvalue weighted by Gasteiger charge is 2.66. The third-order valence-corrected chi connectivity index (χ3v) is 8.40. The van der Waals surface area contributed by atoms with Crippen molar-refractivity contribution in [3.05, 3.63) is 23.8 Å². The zero-order valence-electron chi connectivity index (χ0n) is 18.2. The van der Waals surface area contributed by atoms with Crippen LogP contribution >= 0.6 is 0 Å². The van der Waals surface area contributed by atoms with Crippen LogP contribution < -0.4 is 0 Å². The van der Waals surface area contributed by atoms with E-state index in [1.807, 2.05) is 13.0 Å². The van der Waals surface area contributed by atoms with Crippen molar-refractivity contribution in [3.63, 3.8) is 0 Å². The molecule has 0 amide bonds. The van der Waals surface area contributed by atoms with E-state index in [4.69, 9.17) is 14.2 Å². The normalized spacial score (nSPS) is 43.2.